The topological polar surface area (TPSA) is 63.2 Å². The summed E-state index contributed by atoms with van der Waals surface area (Å²) in [5, 5.41) is 2.71. The molecule has 0 radical (unpaired) electrons. The molecule has 128 valence electrons. The van der Waals surface area contributed by atoms with Crippen LogP contribution >= 0.6 is 0 Å². The summed E-state index contributed by atoms with van der Waals surface area (Å²) in [6, 6.07) is 17.9. The molecule has 0 aliphatic heterocycles. The van der Waals surface area contributed by atoms with Crippen molar-refractivity contribution in [3.8, 4) is 0 Å². The fourth-order valence-electron chi connectivity index (χ4n) is 2.70. The highest BCUT2D eigenvalue weighted by Crippen LogP contribution is 2.30. The fourth-order valence-corrected chi connectivity index (χ4v) is 3.18. The van der Waals surface area contributed by atoms with Crippen molar-refractivity contribution in [1.29, 1.82) is 0 Å². The van der Waals surface area contributed by atoms with Gasteiger partial charge in [0.1, 0.15) is 9.84 Å². The maximum absolute atomic E-state index is 12.3. The van der Waals surface area contributed by atoms with E-state index in [2.05, 4.69) is 5.32 Å². The van der Waals surface area contributed by atoms with Crippen molar-refractivity contribution < 1.29 is 13.2 Å². The molecule has 2 rings (SSSR count). The van der Waals surface area contributed by atoms with Crippen LogP contribution in [0.4, 0.5) is 0 Å². The highest BCUT2D eigenvalue weighted by atomic mass is 32.2. The molecule has 0 unspecified atom stereocenters. The van der Waals surface area contributed by atoms with E-state index in [1.54, 1.807) is 0 Å². The summed E-state index contributed by atoms with van der Waals surface area (Å²) < 4.78 is 22.3. The largest absolute Gasteiger partial charge is 0.355 e. The number of hydrogen-bond acceptors (Lipinski definition) is 3. The van der Waals surface area contributed by atoms with Gasteiger partial charge in [0, 0.05) is 25.1 Å². The lowest BCUT2D eigenvalue weighted by Crippen LogP contribution is -2.30. The Morgan fingerprint density at radius 3 is 2.29 bits per heavy atom. The Hall–Kier alpha value is -2.14. The second-order valence-electron chi connectivity index (χ2n) is 6.00. The molecule has 1 amide bonds. The summed E-state index contributed by atoms with van der Waals surface area (Å²) in [5.74, 6) is -0.236. The first-order valence-electron chi connectivity index (χ1n) is 7.92. The second-order valence-corrected chi connectivity index (χ2v) is 8.26. The monoisotopic (exact) mass is 345 g/mol. The lowest BCUT2D eigenvalue weighted by Gasteiger charge is -2.20. The van der Waals surface area contributed by atoms with Crippen LogP contribution < -0.4 is 5.32 Å². The van der Waals surface area contributed by atoms with Gasteiger partial charge < -0.3 is 5.32 Å². The third-order valence-corrected chi connectivity index (χ3v) is 4.90. The van der Waals surface area contributed by atoms with Gasteiger partial charge in [-0.3, -0.25) is 4.79 Å². The van der Waals surface area contributed by atoms with Gasteiger partial charge in [0.15, 0.2) is 0 Å². The van der Waals surface area contributed by atoms with Gasteiger partial charge in [-0.25, -0.2) is 8.42 Å². The molecule has 0 aliphatic carbocycles. The molecule has 0 saturated heterocycles. The highest BCUT2D eigenvalue weighted by Gasteiger charge is 2.19. The van der Waals surface area contributed by atoms with Crippen LogP contribution in [-0.4, -0.2) is 32.9 Å². The van der Waals surface area contributed by atoms with Gasteiger partial charge in [-0.2, -0.15) is 0 Å². The number of nitrogens with one attached hydrogen (secondary N) is 1. The summed E-state index contributed by atoms with van der Waals surface area (Å²) in [6.07, 6.45) is 1.46. The van der Waals surface area contributed by atoms with Crippen LogP contribution in [0.3, 0.4) is 0 Å². The van der Waals surface area contributed by atoms with Gasteiger partial charge in [0.25, 0.3) is 0 Å². The third kappa shape index (κ3) is 5.49. The zero-order valence-corrected chi connectivity index (χ0v) is 14.8. The number of rotatable bonds is 7. The molecule has 1 atom stereocenters. The van der Waals surface area contributed by atoms with Crippen molar-refractivity contribution in [1.82, 2.24) is 5.32 Å². The molecule has 24 heavy (non-hydrogen) atoms. The molecule has 0 bridgehead atoms. The van der Waals surface area contributed by atoms with E-state index in [0.717, 1.165) is 16.7 Å². The van der Waals surface area contributed by atoms with Crippen LogP contribution in [0.1, 0.15) is 29.0 Å². The number of carbonyl (C=O) groups is 1. The fraction of sp³-hybridized carbons (Fsp3) is 0.316. The van der Waals surface area contributed by atoms with E-state index in [1.165, 1.54) is 6.26 Å². The molecular formula is C19H23NO3S. The SMILES string of the molecule is Cc1ccccc1[C@H](CC(=O)NCCS(C)(=O)=O)c1ccccc1. The van der Waals surface area contributed by atoms with Crippen LogP contribution in [0.15, 0.2) is 54.6 Å². The molecule has 1 N–H and O–H groups in total. The highest BCUT2D eigenvalue weighted by molar-refractivity contribution is 7.90. The van der Waals surface area contributed by atoms with Crippen LogP contribution in [0, 0.1) is 6.92 Å². The van der Waals surface area contributed by atoms with Crippen LogP contribution in [0.5, 0.6) is 0 Å². The number of amides is 1. The Bertz CT molecular complexity index is 785. The number of carbonyl (C=O) groups excluding carboxylic acids is 1. The van der Waals surface area contributed by atoms with Crippen LogP contribution in [-0.2, 0) is 14.6 Å². The van der Waals surface area contributed by atoms with Crippen LogP contribution in [0.2, 0.25) is 0 Å². The first-order chi connectivity index (χ1) is 11.4. The maximum Gasteiger partial charge on any atom is 0.220 e. The molecule has 0 saturated carbocycles. The van der Waals surface area contributed by atoms with Gasteiger partial charge in [-0.15, -0.1) is 0 Å². The van der Waals surface area contributed by atoms with Crippen LogP contribution in [0.25, 0.3) is 0 Å². The normalized spacial score (nSPS) is 12.6. The van der Waals surface area contributed by atoms with E-state index in [4.69, 9.17) is 0 Å². The van der Waals surface area contributed by atoms with E-state index in [9.17, 15) is 13.2 Å². The smallest absolute Gasteiger partial charge is 0.220 e. The molecule has 0 fully saturated rings. The first-order valence-corrected chi connectivity index (χ1v) is 9.98. The summed E-state index contributed by atoms with van der Waals surface area (Å²) in [6.45, 7) is 2.18. The third-order valence-electron chi connectivity index (χ3n) is 3.95. The summed E-state index contributed by atoms with van der Waals surface area (Å²) in [7, 11) is -3.07. The van der Waals surface area contributed by atoms with E-state index in [1.807, 2.05) is 61.5 Å². The van der Waals surface area contributed by atoms with Crippen molar-refractivity contribution in [3.05, 3.63) is 71.3 Å². The molecular weight excluding hydrogens is 322 g/mol. The lowest BCUT2D eigenvalue weighted by atomic mass is 9.86. The Morgan fingerprint density at radius 2 is 1.67 bits per heavy atom. The molecule has 4 nitrogen and oxygen atoms in total. The van der Waals surface area contributed by atoms with E-state index >= 15 is 0 Å². The van der Waals surface area contributed by atoms with Crippen molar-refractivity contribution in [2.24, 2.45) is 0 Å². The van der Waals surface area contributed by atoms with Crippen molar-refractivity contribution in [3.63, 3.8) is 0 Å². The van der Waals surface area contributed by atoms with Crippen molar-refractivity contribution in [2.45, 2.75) is 19.3 Å². The Labute approximate surface area is 143 Å². The summed E-state index contributed by atoms with van der Waals surface area (Å²) in [4.78, 5) is 12.3. The number of aryl methyl sites for hydroxylation is 1. The standard InChI is InChI=1S/C19H23NO3S/c1-15-8-6-7-11-17(15)18(16-9-4-3-5-10-16)14-19(21)20-12-13-24(2,22)23/h3-11,18H,12-14H2,1-2H3,(H,20,21)/t18-/m1/s1. The molecule has 0 heterocycles. The minimum absolute atomic E-state index is 0.0426. The van der Waals surface area contributed by atoms with E-state index in [-0.39, 0.29) is 24.1 Å². The molecule has 0 spiro atoms. The quantitative estimate of drug-likeness (QED) is 0.839. The van der Waals surface area contributed by atoms with Gasteiger partial charge in [-0.1, -0.05) is 54.6 Å². The lowest BCUT2D eigenvalue weighted by molar-refractivity contribution is -0.121. The average Bonchev–Trinajstić information content (AvgIpc) is 2.53. The molecule has 2 aromatic rings. The molecule has 0 aromatic heterocycles. The van der Waals surface area contributed by atoms with Gasteiger partial charge in [0.2, 0.25) is 5.91 Å². The summed E-state index contributed by atoms with van der Waals surface area (Å²) in [5.41, 5.74) is 3.32. The Balaban J connectivity index is 2.16. The zero-order chi connectivity index (χ0) is 17.6. The minimum atomic E-state index is -3.07. The van der Waals surface area contributed by atoms with Crippen molar-refractivity contribution in [2.75, 3.05) is 18.6 Å². The maximum atomic E-state index is 12.3. The number of hydrogen-bond donors (Lipinski definition) is 1. The molecule has 5 heteroatoms. The first kappa shape index (κ1) is 18.2. The van der Waals surface area contributed by atoms with E-state index in [0.29, 0.717) is 6.42 Å². The summed E-state index contributed by atoms with van der Waals surface area (Å²) >= 11 is 0. The minimum Gasteiger partial charge on any atom is -0.355 e. The van der Waals surface area contributed by atoms with E-state index < -0.39 is 9.84 Å². The van der Waals surface area contributed by atoms with Crippen molar-refractivity contribution >= 4 is 15.7 Å². The second kappa shape index (κ2) is 8.11. The predicted octanol–water partition coefficient (Wildman–Crippen LogP) is 2.68. The van der Waals surface area contributed by atoms with Gasteiger partial charge in [-0.05, 0) is 23.6 Å². The number of benzene rings is 2. The Kier molecular flexibility index (Phi) is 6.15. The Morgan fingerprint density at radius 1 is 1.04 bits per heavy atom. The molecule has 0 aliphatic rings. The van der Waals surface area contributed by atoms with Gasteiger partial charge >= 0.3 is 0 Å². The molecule has 2 aromatic carbocycles. The van der Waals surface area contributed by atoms with Gasteiger partial charge in [0.05, 0.1) is 5.75 Å². The zero-order valence-electron chi connectivity index (χ0n) is 14.0. The number of sulfone groups is 1. The average molecular weight is 345 g/mol. The predicted molar refractivity (Wildman–Crippen MR) is 96.8 cm³/mol.